The minimum Gasteiger partial charge on any atom is -0.497 e. The maximum Gasteiger partial charge on any atom is 0.174 e. The van der Waals surface area contributed by atoms with Crippen LogP contribution in [-0.2, 0) is 0 Å². The molecule has 3 aromatic rings. The molecule has 4 rings (SSSR count). The summed E-state index contributed by atoms with van der Waals surface area (Å²) in [6.45, 7) is 1.94. The molecule has 2 aromatic heterocycles. The van der Waals surface area contributed by atoms with Gasteiger partial charge in [0, 0.05) is 18.0 Å². The summed E-state index contributed by atoms with van der Waals surface area (Å²) in [5, 5.41) is 4.04. The highest BCUT2D eigenvalue weighted by molar-refractivity contribution is 7.80. The van der Waals surface area contributed by atoms with Gasteiger partial charge in [0.1, 0.15) is 23.3 Å². The van der Waals surface area contributed by atoms with Crippen LogP contribution in [-0.4, -0.2) is 17.2 Å². The van der Waals surface area contributed by atoms with Gasteiger partial charge >= 0.3 is 0 Å². The second kappa shape index (κ2) is 6.80. The van der Waals surface area contributed by atoms with E-state index in [0.29, 0.717) is 5.11 Å². The van der Waals surface area contributed by atoms with Crippen LogP contribution in [0.1, 0.15) is 29.3 Å². The first-order valence-corrected chi connectivity index (χ1v) is 8.79. The van der Waals surface area contributed by atoms with Crippen molar-refractivity contribution in [1.29, 1.82) is 0 Å². The third-order valence-corrected chi connectivity index (χ3v) is 4.80. The lowest BCUT2D eigenvalue weighted by atomic mass is 10.0. The van der Waals surface area contributed by atoms with E-state index < -0.39 is 0 Å². The Balaban J connectivity index is 1.82. The van der Waals surface area contributed by atoms with E-state index in [0.717, 1.165) is 28.7 Å². The van der Waals surface area contributed by atoms with Crippen LogP contribution >= 0.6 is 12.2 Å². The molecule has 1 N–H and O–H groups in total. The van der Waals surface area contributed by atoms with Crippen LogP contribution in [0.4, 0.5) is 5.69 Å². The van der Waals surface area contributed by atoms with E-state index in [2.05, 4.69) is 15.2 Å². The Labute approximate surface area is 157 Å². The zero-order chi connectivity index (χ0) is 18.1. The van der Waals surface area contributed by atoms with E-state index in [9.17, 15) is 0 Å². The quantitative estimate of drug-likeness (QED) is 0.701. The van der Waals surface area contributed by atoms with Crippen LogP contribution in [0.2, 0.25) is 0 Å². The molecule has 1 aromatic carbocycles. The summed E-state index contributed by atoms with van der Waals surface area (Å²) in [5.41, 5.74) is 1.86. The Morgan fingerprint density at radius 2 is 2.04 bits per heavy atom. The number of anilines is 1. The van der Waals surface area contributed by atoms with Gasteiger partial charge in [0.2, 0.25) is 0 Å². The highest BCUT2D eigenvalue weighted by Gasteiger charge is 2.42. The third-order valence-electron chi connectivity index (χ3n) is 4.48. The molecule has 3 heterocycles. The number of hydrogen-bond acceptors (Lipinski definition) is 4. The number of nitrogens with one attached hydrogen (secondary N) is 1. The molecule has 1 aliphatic rings. The lowest BCUT2D eigenvalue weighted by Gasteiger charge is -2.26. The highest BCUT2D eigenvalue weighted by Crippen LogP contribution is 2.42. The van der Waals surface area contributed by atoms with Gasteiger partial charge in [-0.2, -0.15) is 0 Å². The maximum absolute atomic E-state index is 5.98. The van der Waals surface area contributed by atoms with Gasteiger partial charge in [-0.05, 0) is 55.5 Å². The molecule has 132 valence electrons. The van der Waals surface area contributed by atoms with E-state index in [1.54, 1.807) is 13.3 Å². The number of methoxy groups -OCH3 is 1. The maximum atomic E-state index is 5.98. The second-order valence-electron chi connectivity index (χ2n) is 6.15. The van der Waals surface area contributed by atoms with Gasteiger partial charge in [-0.1, -0.05) is 12.1 Å². The molecule has 0 saturated carbocycles. The first kappa shape index (κ1) is 16.6. The fourth-order valence-corrected chi connectivity index (χ4v) is 3.64. The second-order valence-corrected chi connectivity index (χ2v) is 6.53. The zero-order valence-electron chi connectivity index (χ0n) is 14.5. The van der Waals surface area contributed by atoms with Crippen LogP contribution < -0.4 is 15.0 Å². The molecule has 1 fully saturated rings. The summed E-state index contributed by atoms with van der Waals surface area (Å²) in [7, 11) is 1.66. The monoisotopic (exact) mass is 365 g/mol. The van der Waals surface area contributed by atoms with Gasteiger partial charge < -0.3 is 19.4 Å². The van der Waals surface area contributed by atoms with Crippen molar-refractivity contribution in [2.45, 2.75) is 19.0 Å². The lowest BCUT2D eigenvalue weighted by molar-refractivity contribution is 0.412. The molecule has 0 radical (unpaired) electrons. The van der Waals surface area contributed by atoms with Crippen LogP contribution in [0.15, 0.2) is 65.2 Å². The zero-order valence-corrected chi connectivity index (χ0v) is 15.4. The standard InChI is InChI=1S/C20H19N3O2S/c1-13-9-10-17(25-13)19-18(16-8-3-4-11-21-16)22-20(26)23(19)14-6-5-7-15(12-14)24-2/h3-12,18-19H,1-2H3,(H,22,26)/t18-,19-/m1/s1. The Kier molecular flexibility index (Phi) is 4.34. The van der Waals surface area contributed by atoms with Crippen molar-refractivity contribution >= 4 is 23.0 Å². The smallest absolute Gasteiger partial charge is 0.174 e. The van der Waals surface area contributed by atoms with Crippen molar-refractivity contribution in [3.63, 3.8) is 0 Å². The number of hydrogen-bond donors (Lipinski definition) is 1. The van der Waals surface area contributed by atoms with Crippen molar-refractivity contribution < 1.29 is 9.15 Å². The molecule has 0 bridgehead atoms. The predicted molar refractivity (Wildman–Crippen MR) is 104 cm³/mol. The van der Waals surface area contributed by atoms with Crippen LogP contribution in [0.5, 0.6) is 5.75 Å². The lowest BCUT2D eigenvalue weighted by Crippen LogP contribution is -2.29. The first-order chi connectivity index (χ1) is 12.7. The Hall–Kier alpha value is -2.86. The molecule has 6 heteroatoms. The molecule has 2 atom stereocenters. The summed E-state index contributed by atoms with van der Waals surface area (Å²) in [5.74, 6) is 2.48. The number of aromatic nitrogens is 1. The van der Waals surface area contributed by atoms with Crippen LogP contribution in [0.25, 0.3) is 0 Å². The third kappa shape index (κ3) is 2.93. The Bertz CT molecular complexity index is 926. The van der Waals surface area contributed by atoms with Gasteiger partial charge in [0.15, 0.2) is 5.11 Å². The molecule has 26 heavy (non-hydrogen) atoms. The fourth-order valence-electron chi connectivity index (χ4n) is 3.29. The van der Waals surface area contributed by atoms with Gasteiger partial charge in [0.25, 0.3) is 0 Å². The van der Waals surface area contributed by atoms with Gasteiger partial charge in [-0.3, -0.25) is 4.98 Å². The van der Waals surface area contributed by atoms with E-state index in [4.69, 9.17) is 21.4 Å². The summed E-state index contributed by atoms with van der Waals surface area (Å²) in [6, 6.07) is 17.4. The Morgan fingerprint density at radius 1 is 1.15 bits per heavy atom. The van der Waals surface area contributed by atoms with E-state index in [-0.39, 0.29) is 12.1 Å². The number of rotatable bonds is 4. The van der Waals surface area contributed by atoms with Gasteiger partial charge in [-0.25, -0.2) is 0 Å². The number of thiocarbonyl (C=S) groups is 1. The average molecular weight is 365 g/mol. The average Bonchev–Trinajstić information content (AvgIpc) is 3.25. The van der Waals surface area contributed by atoms with Crippen molar-refractivity contribution in [1.82, 2.24) is 10.3 Å². The predicted octanol–water partition coefficient (Wildman–Crippen LogP) is 4.17. The molecule has 0 unspecified atom stereocenters. The fraction of sp³-hybridized carbons (Fsp3) is 0.200. The number of nitrogens with zero attached hydrogens (tertiary/aromatic N) is 2. The van der Waals surface area contributed by atoms with Crippen LogP contribution in [0, 0.1) is 6.92 Å². The minimum atomic E-state index is -0.141. The molecular formula is C20H19N3O2S. The number of furan rings is 1. The van der Waals surface area contributed by atoms with Crippen molar-refractivity contribution in [3.8, 4) is 5.75 Å². The molecule has 0 spiro atoms. The number of benzene rings is 1. The summed E-state index contributed by atoms with van der Waals surface area (Å²) in [6.07, 6.45) is 1.79. The van der Waals surface area contributed by atoms with Crippen LogP contribution in [0.3, 0.4) is 0 Å². The van der Waals surface area contributed by atoms with E-state index >= 15 is 0 Å². The normalized spacial score (nSPS) is 19.5. The number of aryl methyl sites for hydroxylation is 1. The minimum absolute atomic E-state index is 0.111. The van der Waals surface area contributed by atoms with E-state index in [1.165, 1.54) is 0 Å². The Morgan fingerprint density at radius 3 is 2.73 bits per heavy atom. The summed E-state index contributed by atoms with van der Waals surface area (Å²) in [4.78, 5) is 6.59. The topological polar surface area (TPSA) is 50.5 Å². The molecule has 1 aliphatic heterocycles. The number of ether oxygens (including phenoxy) is 1. The highest BCUT2D eigenvalue weighted by atomic mass is 32.1. The first-order valence-electron chi connectivity index (χ1n) is 8.38. The van der Waals surface area contributed by atoms with Gasteiger partial charge in [-0.15, -0.1) is 0 Å². The SMILES string of the molecule is COc1cccc(N2C(=S)N[C@H](c3ccccn3)[C@H]2c2ccc(C)o2)c1. The van der Waals surface area contributed by atoms with Crippen molar-refractivity contribution in [2.75, 3.05) is 12.0 Å². The van der Waals surface area contributed by atoms with Gasteiger partial charge in [0.05, 0.1) is 18.8 Å². The van der Waals surface area contributed by atoms with Crippen molar-refractivity contribution in [2.24, 2.45) is 0 Å². The number of pyridine rings is 1. The molecular weight excluding hydrogens is 346 g/mol. The van der Waals surface area contributed by atoms with Crippen molar-refractivity contribution in [3.05, 3.63) is 78.0 Å². The molecule has 1 saturated heterocycles. The molecule has 5 nitrogen and oxygen atoms in total. The summed E-state index contributed by atoms with van der Waals surface area (Å²) >= 11 is 5.67. The molecule has 0 aliphatic carbocycles. The summed E-state index contributed by atoms with van der Waals surface area (Å²) < 4.78 is 11.4. The molecule has 0 amide bonds. The largest absolute Gasteiger partial charge is 0.497 e. The van der Waals surface area contributed by atoms with E-state index in [1.807, 2.05) is 61.5 Å².